The minimum Gasteiger partial charge on any atom is -0.462 e. The van der Waals surface area contributed by atoms with Crippen LogP contribution in [0, 0.1) is 0 Å². The fourth-order valence-electron chi connectivity index (χ4n) is 7.65. The van der Waals surface area contributed by atoms with E-state index in [4.69, 9.17) is 14.2 Å². The van der Waals surface area contributed by atoms with Crippen molar-refractivity contribution in [3.05, 3.63) is 36.5 Å². The smallest absolute Gasteiger partial charge is 0.306 e. The van der Waals surface area contributed by atoms with Gasteiger partial charge in [0, 0.05) is 19.4 Å². The Balaban J connectivity index is 4.24. The van der Waals surface area contributed by atoms with Crippen LogP contribution in [0.25, 0.3) is 0 Å². The highest BCUT2D eigenvalue weighted by molar-refractivity contribution is 5.70. The lowest BCUT2D eigenvalue weighted by Gasteiger charge is -2.18. The minimum atomic E-state index is -0.538. The first kappa shape index (κ1) is 58.1. The van der Waals surface area contributed by atoms with Crippen molar-refractivity contribution in [3.63, 3.8) is 0 Å². The molecule has 0 fully saturated rings. The van der Waals surface area contributed by atoms with E-state index < -0.39 is 6.10 Å². The summed E-state index contributed by atoms with van der Waals surface area (Å²) in [6.07, 6.45) is 61.4. The Bertz CT molecular complexity index is 955. The second-order valence-electron chi connectivity index (χ2n) is 17.8. The first-order chi connectivity index (χ1) is 29.6. The summed E-state index contributed by atoms with van der Waals surface area (Å²) in [5.41, 5.74) is 0. The predicted molar refractivity (Wildman–Crippen MR) is 261 cm³/mol. The largest absolute Gasteiger partial charge is 0.462 e. The summed E-state index contributed by atoms with van der Waals surface area (Å²) in [5.74, 6) is -0.402. The summed E-state index contributed by atoms with van der Waals surface area (Å²) in [7, 11) is 0. The molecule has 0 saturated carbocycles. The first-order valence-corrected chi connectivity index (χ1v) is 26.5. The molecule has 0 spiro atoms. The maximum atomic E-state index is 12.8. The second kappa shape index (κ2) is 51.5. The van der Waals surface area contributed by atoms with Gasteiger partial charge in [-0.3, -0.25) is 9.59 Å². The molecule has 0 aromatic carbocycles. The summed E-state index contributed by atoms with van der Waals surface area (Å²) in [4.78, 5) is 25.4. The van der Waals surface area contributed by atoms with Gasteiger partial charge in [0.2, 0.25) is 0 Å². The molecule has 0 heterocycles. The topological polar surface area (TPSA) is 61.8 Å². The average Bonchev–Trinajstić information content (AvgIpc) is 3.25. The lowest BCUT2D eigenvalue weighted by Crippen LogP contribution is -2.30. The van der Waals surface area contributed by atoms with Crippen LogP contribution in [0.5, 0.6) is 0 Å². The summed E-state index contributed by atoms with van der Waals surface area (Å²) in [6, 6.07) is 0. The average molecular weight is 843 g/mol. The van der Waals surface area contributed by atoms with Gasteiger partial charge in [0.25, 0.3) is 0 Å². The molecule has 0 N–H and O–H groups in total. The quantitative estimate of drug-likeness (QED) is 0.0347. The summed E-state index contributed by atoms with van der Waals surface area (Å²) >= 11 is 0. The van der Waals surface area contributed by atoms with Crippen molar-refractivity contribution in [2.75, 3.05) is 19.8 Å². The number of ether oxygens (including phenoxy) is 3. The van der Waals surface area contributed by atoms with E-state index in [-0.39, 0.29) is 25.2 Å². The van der Waals surface area contributed by atoms with Gasteiger partial charge in [-0.1, -0.05) is 224 Å². The Hall–Kier alpha value is -1.88. The number of allylic oxidation sites excluding steroid dienone is 6. The van der Waals surface area contributed by atoms with Crippen molar-refractivity contribution < 1.29 is 23.8 Å². The molecule has 0 rings (SSSR count). The molecule has 0 aromatic heterocycles. The zero-order valence-electron chi connectivity index (χ0n) is 40.5. The van der Waals surface area contributed by atoms with E-state index in [0.717, 1.165) is 57.8 Å². The van der Waals surface area contributed by atoms with Gasteiger partial charge in [-0.2, -0.15) is 0 Å². The monoisotopic (exact) mass is 843 g/mol. The molecule has 0 aliphatic heterocycles. The summed E-state index contributed by atoms with van der Waals surface area (Å²) < 4.78 is 17.4. The molecule has 1 atom stereocenters. The molecule has 0 radical (unpaired) electrons. The standard InChI is InChI=1S/C55H102O5/c1-4-7-10-13-16-19-22-25-27-28-29-31-33-36-39-42-45-48-54(56)59-52-53(51-58-50-47-44-41-38-35-32-26-23-20-17-14-11-8-5-2)60-55(57)49-46-43-40-37-34-30-24-21-18-15-12-9-6-3/h16,19,21,24-25,27,53H,4-15,17-18,20,22-23,26,28-52H2,1-3H3/b19-16-,24-21-,27-25-. The van der Waals surface area contributed by atoms with Crippen molar-refractivity contribution in [2.45, 2.75) is 284 Å². The molecule has 60 heavy (non-hydrogen) atoms. The van der Waals surface area contributed by atoms with Gasteiger partial charge in [0.05, 0.1) is 6.61 Å². The van der Waals surface area contributed by atoms with Crippen molar-refractivity contribution >= 4 is 11.9 Å². The third-order valence-corrected chi connectivity index (χ3v) is 11.6. The number of hydrogen-bond donors (Lipinski definition) is 0. The van der Waals surface area contributed by atoms with Gasteiger partial charge in [-0.25, -0.2) is 0 Å². The van der Waals surface area contributed by atoms with Crippen molar-refractivity contribution in [1.82, 2.24) is 0 Å². The lowest BCUT2D eigenvalue weighted by molar-refractivity contribution is -0.163. The normalized spacial score (nSPS) is 12.4. The second-order valence-corrected chi connectivity index (χ2v) is 17.8. The van der Waals surface area contributed by atoms with Gasteiger partial charge < -0.3 is 14.2 Å². The van der Waals surface area contributed by atoms with Crippen molar-refractivity contribution in [1.29, 1.82) is 0 Å². The van der Waals surface area contributed by atoms with Crippen LogP contribution in [0.4, 0.5) is 0 Å². The number of carbonyl (C=O) groups excluding carboxylic acids is 2. The molecule has 1 unspecified atom stereocenters. The minimum absolute atomic E-state index is 0.0825. The van der Waals surface area contributed by atoms with Gasteiger partial charge in [-0.15, -0.1) is 0 Å². The Labute approximate surface area is 374 Å². The molecular weight excluding hydrogens is 741 g/mol. The highest BCUT2D eigenvalue weighted by atomic mass is 16.6. The molecule has 0 saturated heterocycles. The zero-order valence-corrected chi connectivity index (χ0v) is 40.5. The van der Waals surface area contributed by atoms with Crippen LogP contribution in [-0.2, 0) is 23.8 Å². The maximum Gasteiger partial charge on any atom is 0.306 e. The highest BCUT2D eigenvalue weighted by Gasteiger charge is 2.17. The van der Waals surface area contributed by atoms with Gasteiger partial charge >= 0.3 is 11.9 Å². The van der Waals surface area contributed by atoms with Gasteiger partial charge in [0.15, 0.2) is 6.10 Å². The molecule has 5 nitrogen and oxygen atoms in total. The third kappa shape index (κ3) is 48.8. The van der Waals surface area contributed by atoms with Crippen LogP contribution in [0.15, 0.2) is 36.5 Å². The van der Waals surface area contributed by atoms with Crippen LogP contribution in [0.3, 0.4) is 0 Å². The summed E-state index contributed by atoms with van der Waals surface area (Å²) in [5, 5.41) is 0. The predicted octanol–water partition coefficient (Wildman–Crippen LogP) is 17.8. The van der Waals surface area contributed by atoms with E-state index in [1.165, 1.54) is 186 Å². The molecule has 0 aliphatic carbocycles. The fraction of sp³-hybridized carbons (Fsp3) is 0.855. The number of hydrogen-bond acceptors (Lipinski definition) is 5. The number of unbranched alkanes of at least 4 members (excludes halogenated alkanes) is 32. The van der Waals surface area contributed by atoms with Crippen molar-refractivity contribution in [2.24, 2.45) is 0 Å². The Morgan fingerprint density at radius 1 is 0.367 bits per heavy atom. The van der Waals surface area contributed by atoms with E-state index >= 15 is 0 Å². The zero-order chi connectivity index (χ0) is 43.5. The SMILES string of the molecule is CCCCC/C=C\C/C=C\CCCCCCCCCC(=O)OCC(COCCCCCCCCCCCCCCCC)OC(=O)CCCCCCC/C=C\CCCCCC. The fourth-order valence-corrected chi connectivity index (χ4v) is 7.65. The third-order valence-electron chi connectivity index (χ3n) is 11.6. The molecule has 352 valence electrons. The van der Waals surface area contributed by atoms with Crippen LogP contribution >= 0.6 is 0 Å². The van der Waals surface area contributed by atoms with Crippen LogP contribution in [-0.4, -0.2) is 37.9 Å². The Kier molecular flexibility index (Phi) is 49.9. The van der Waals surface area contributed by atoms with Crippen molar-refractivity contribution in [3.8, 4) is 0 Å². The number of carbonyl (C=O) groups is 2. The van der Waals surface area contributed by atoms with Crippen LogP contribution in [0.1, 0.15) is 278 Å². The molecular formula is C55H102O5. The van der Waals surface area contributed by atoms with E-state index in [2.05, 4.69) is 57.2 Å². The molecule has 0 aromatic rings. The van der Waals surface area contributed by atoms with Crippen LogP contribution < -0.4 is 0 Å². The number of rotatable bonds is 49. The highest BCUT2D eigenvalue weighted by Crippen LogP contribution is 2.15. The van der Waals surface area contributed by atoms with Gasteiger partial charge in [-0.05, 0) is 77.0 Å². The molecule has 0 amide bonds. The van der Waals surface area contributed by atoms with E-state index in [1.54, 1.807) is 0 Å². The van der Waals surface area contributed by atoms with Gasteiger partial charge in [0.1, 0.15) is 6.61 Å². The molecule has 5 heteroatoms. The Morgan fingerprint density at radius 3 is 1.17 bits per heavy atom. The first-order valence-electron chi connectivity index (χ1n) is 26.5. The Morgan fingerprint density at radius 2 is 0.700 bits per heavy atom. The molecule has 0 bridgehead atoms. The van der Waals surface area contributed by atoms with E-state index in [0.29, 0.717) is 19.4 Å². The summed E-state index contributed by atoms with van der Waals surface area (Å²) in [6.45, 7) is 7.82. The van der Waals surface area contributed by atoms with E-state index in [9.17, 15) is 9.59 Å². The molecule has 0 aliphatic rings. The van der Waals surface area contributed by atoms with E-state index in [1.807, 2.05) is 0 Å². The lowest BCUT2D eigenvalue weighted by atomic mass is 10.0. The maximum absolute atomic E-state index is 12.8. The number of esters is 2. The van der Waals surface area contributed by atoms with Crippen LogP contribution in [0.2, 0.25) is 0 Å².